The molecule has 0 radical (unpaired) electrons. The Morgan fingerprint density at radius 3 is 2.46 bits per heavy atom. The number of fused-ring (bicyclic) bond motifs is 1. The molecule has 1 amide bonds. The Labute approximate surface area is 161 Å². The number of ether oxygens (including phenoxy) is 1. The van der Waals surface area contributed by atoms with E-state index >= 15 is 0 Å². The number of quaternary nitrogens is 1. The second-order valence-electron chi connectivity index (χ2n) is 6.86. The average molecular weight is 373 g/mol. The molecule has 2 heterocycles. The van der Waals surface area contributed by atoms with E-state index in [9.17, 15) is 4.79 Å². The van der Waals surface area contributed by atoms with Crippen molar-refractivity contribution in [3.8, 4) is 0 Å². The maximum Gasteiger partial charge on any atom is 0.239 e. The Kier molecular flexibility index (Phi) is 6.30. The van der Waals surface area contributed by atoms with E-state index in [0.717, 1.165) is 62.6 Å². The molecule has 5 heteroatoms. The summed E-state index contributed by atoms with van der Waals surface area (Å²) in [5.74, 6) is 0.0533. The monoisotopic (exact) mass is 372 g/mol. The Balaban J connectivity index is 0.00000196. The molecule has 2 aromatic rings. The minimum Gasteiger partial charge on any atom is -1.00 e. The van der Waals surface area contributed by atoms with Crippen molar-refractivity contribution >= 4 is 11.6 Å². The molecular weight excluding hydrogens is 348 g/mol. The third-order valence-electron chi connectivity index (χ3n) is 5.30. The van der Waals surface area contributed by atoms with Gasteiger partial charge in [-0.2, -0.15) is 0 Å². The number of morpholine rings is 1. The maximum atomic E-state index is 13.1. The van der Waals surface area contributed by atoms with Crippen molar-refractivity contribution in [1.82, 2.24) is 0 Å². The molecular formula is C21H25ClN2O2. The van der Waals surface area contributed by atoms with Crippen LogP contribution in [0.15, 0.2) is 54.6 Å². The van der Waals surface area contributed by atoms with Gasteiger partial charge >= 0.3 is 0 Å². The number of carbonyl (C=O) groups excluding carboxylic acids is 1. The smallest absolute Gasteiger partial charge is 0.239 e. The Morgan fingerprint density at radius 2 is 1.69 bits per heavy atom. The molecule has 4 nitrogen and oxygen atoms in total. The first-order valence-corrected chi connectivity index (χ1v) is 9.21. The zero-order valence-electron chi connectivity index (χ0n) is 14.9. The number of anilines is 1. The van der Waals surface area contributed by atoms with Crippen molar-refractivity contribution in [1.29, 1.82) is 0 Å². The summed E-state index contributed by atoms with van der Waals surface area (Å²) in [7, 11) is 0. The highest BCUT2D eigenvalue weighted by Gasteiger charge is 2.37. The molecule has 2 aromatic carbocycles. The lowest BCUT2D eigenvalue weighted by atomic mass is 9.93. The SMILES string of the molecule is O=C1C(c2ccccc2)c2ccccc2N1CCC[NH+]1CCOCC1.[Cl-]. The van der Waals surface area contributed by atoms with E-state index in [0.29, 0.717) is 0 Å². The molecule has 0 spiro atoms. The molecule has 1 fully saturated rings. The molecule has 2 aliphatic rings. The molecule has 2 aliphatic heterocycles. The van der Waals surface area contributed by atoms with Crippen molar-refractivity contribution in [3.05, 3.63) is 65.7 Å². The van der Waals surface area contributed by atoms with Crippen LogP contribution in [-0.4, -0.2) is 45.3 Å². The minimum absolute atomic E-state index is 0. The van der Waals surface area contributed by atoms with Gasteiger partial charge in [-0.1, -0.05) is 48.5 Å². The molecule has 0 aliphatic carbocycles. The Morgan fingerprint density at radius 1 is 1.00 bits per heavy atom. The van der Waals surface area contributed by atoms with Crippen LogP contribution in [0.2, 0.25) is 0 Å². The number of hydrogen-bond acceptors (Lipinski definition) is 2. The van der Waals surface area contributed by atoms with Gasteiger partial charge in [-0.25, -0.2) is 0 Å². The van der Waals surface area contributed by atoms with Crippen LogP contribution in [-0.2, 0) is 9.53 Å². The van der Waals surface area contributed by atoms with Gasteiger partial charge in [-0.05, 0) is 17.2 Å². The average Bonchev–Trinajstić information content (AvgIpc) is 2.95. The highest BCUT2D eigenvalue weighted by atomic mass is 35.5. The number of rotatable bonds is 5. The minimum atomic E-state index is -0.159. The lowest BCUT2D eigenvalue weighted by Crippen LogP contribution is -3.14. The van der Waals surface area contributed by atoms with Gasteiger partial charge < -0.3 is 26.9 Å². The Bertz CT molecular complexity index is 732. The largest absolute Gasteiger partial charge is 1.00 e. The number of halogens is 1. The van der Waals surface area contributed by atoms with Crippen LogP contribution in [0.1, 0.15) is 23.5 Å². The standard InChI is InChI=1S/C21H24N2O2.ClH/c24-21-20(17-7-2-1-3-8-17)18-9-4-5-10-19(18)23(21)12-6-11-22-13-15-25-16-14-22;/h1-5,7-10,20H,6,11-16H2;1H. The second kappa shape index (κ2) is 8.67. The summed E-state index contributed by atoms with van der Waals surface area (Å²) in [5, 5.41) is 0. The van der Waals surface area contributed by atoms with Gasteiger partial charge in [-0.15, -0.1) is 0 Å². The van der Waals surface area contributed by atoms with Crippen LogP contribution >= 0.6 is 0 Å². The summed E-state index contributed by atoms with van der Waals surface area (Å²) in [5.41, 5.74) is 3.30. The van der Waals surface area contributed by atoms with E-state index < -0.39 is 0 Å². The zero-order valence-corrected chi connectivity index (χ0v) is 15.6. The van der Waals surface area contributed by atoms with Crippen molar-refractivity contribution in [2.24, 2.45) is 0 Å². The molecule has 1 saturated heterocycles. The highest BCUT2D eigenvalue weighted by Crippen LogP contribution is 2.40. The van der Waals surface area contributed by atoms with Gasteiger partial charge in [0, 0.05) is 18.7 Å². The topological polar surface area (TPSA) is 34.0 Å². The number of hydrogen-bond donors (Lipinski definition) is 1. The summed E-state index contributed by atoms with van der Waals surface area (Å²) in [6, 6.07) is 18.4. The molecule has 0 saturated carbocycles. The quantitative estimate of drug-likeness (QED) is 0.691. The Hall–Kier alpha value is -1.88. The number of nitrogens with one attached hydrogen (secondary N) is 1. The van der Waals surface area contributed by atoms with E-state index in [-0.39, 0.29) is 24.2 Å². The van der Waals surface area contributed by atoms with Crippen LogP contribution in [0.3, 0.4) is 0 Å². The van der Waals surface area contributed by atoms with Crippen LogP contribution < -0.4 is 22.2 Å². The van der Waals surface area contributed by atoms with Gasteiger partial charge in [0.25, 0.3) is 0 Å². The van der Waals surface area contributed by atoms with Gasteiger partial charge in [0.15, 0.2) is 0 Å². The number of benzene rings is 2. The molecule has 138 valence electrons. The van der Waals surface area contributed by atoms with Crippen LogP contribution in [0.4, 0.5) is 5.69 Å². The molecule has 4 rings (SSSR count). The third-order valence-corrected chi connectivity index (χ3v) is 5.30. The van der Waals surface area contributed by atoms with E-state index in [1.807, 2.05) is 35.2 Å². The fourth-order valence-electron chi connectivity index (χ4n) is 3.98. The van der Waals surface area contributed by atoms with Crippen LogP contribution in [0, 0.1) is 0 Å². The predicted molar refractivity (Wildman–Crippen MR) is 98.1 cm³/mol. The fraction of sp³-hybridized carbons (Fsp3) is 0.381. The van der Waals surface area contributed by atoms with Gasteiger partial charge in [0.2, 0.25) is 5.91 Å². The number of para-hydroxylation sites is 1. The molecule has 26 heavy (non-hydrogen) atoms. The van der Waals surface area contributed by atoms with Crippen molar-refractivity contribution in [2.45, 2.75) is 12.3 Å². The van der Waals surface area contributed by atoms with E-state index in [4.69, 9.17) is 4.74 Å². The van der Waals surface area contributed by atoms with Crippen LogP contribution in [0.5, 0.6) is 0 Å². The zero-order chi connectivity index (χ0) is 17.1. The second-order valence-corrected chi connectivity index (χ2v) is 6.86. The summed E-state index contributed by atoms with van der Waals surface area (Å²) in [6.45, 7) is 5.77. The molecule has 0 bridgehead atoms. The molecule has 1 unspecified atom stereocenters. The predicted octanol–water partition coefficient (Wildman–Crippen LogP) is -1.53. The third kappa shape index (κ3) is 3.78. The lowest BCUT2D eigenvalue weighted by Gasteiger charge is -2.25. The summed E-state index contributed by atoms with van der Waals surface area (Å²) >= 11 is 0. The first kappa shape index (κ1) is 18.9. The fourth-order valence-corrected chi connectivity index (χ4v) is 3.98. The summed E-state index contributed by atoms with van der Waals surface area (Å²) < 4.78 is 5.42. The van der Waals surface area contributed by atoms with E-state index in [1.165, 1.54) is 0 Å². The number of carbonyl (C=O) groups is 1. The van der Waals surface area contributed by atoms with Crippen molar-refractivity contribution in [3.63, 3.8) is 0 Å². The van der Waals surface area contributed by atoms with Crippen molar-refractivity contribution in [2.75, 3.05) is 44.3 Å². The lowest BCUT2D eigenvalue weighted by molar-refractivity contribution is -0.908. The van der Waals surface area contributed by atoms with Gasteiger partial charge in [0.05, 0.1) is 25.7 Å². The first-order chi connectivity index (χ1) is 12.3. The molecule has 1 N–H and O–H groups in total. The maximum absolute atomic E-state index is 13.1. The normalized spacial score (nSPS) is 19.9. The van der Waals surface area contributed by atoms with E-state index in [1.54, 1.807) is 4.90 Å². The summed E-state index contributed by atoms with van der Waals surface area (Å²) in [6.07, 6.45) is 1.02. The molecule has 0 aromatic heterocycles. The number of nitrogens with zero attached hydrogens (tertiary/aromatic N) is 1. The van der Waals surface area contributed by atoms with E-state index in [2.05, 4.69) is 24.3 Å². The first-order valence-electron chi connectivity index (χ1n) is 9.21. The van der Waals surface area contributed by atoms with Crippen LogP contribution in [0.25, 0.3) is 0 Å². The van der Waals surface area contributed by atoms with Gasteiger partial charge in [-0.3, -0.25) is 4.79 Å². The highest BCUT2D eigenvalue weighted by molar-refractivity contribution is 6.06. The van der Waals surface area contributed by atoms with Crippen molar-refractivity contribution < 1.29 is 26.8 Å². The molecule has 1 atom stereocenters. The summed E-state index contributed by atoms with van der Waals surface area (Å²) in [4.78, 5) is 16.7. The number of amides is 1. The van der Waals surface area contributed by atoms with Gasteiger partial charge in [0.1, 0.15) is 13.1 Å².